The Hall–Kier alpha value is 0.550. The standard InChI is InChI=1S/C6H4ClFO2S.Na/c7-4-1-2-6(11(9)10)5(8)3-4;/h1-3H,(H,9,10);/q;+1/p-1. The molecular formula is C6H3ClFNaO2S. The maximum atomic E-state index is 12.6. The molecule has 1 aromatic carbocycles. The molecule has 1 aromatic rings. The van der Waals surface area contributed by atoms with Gasteiger partial charge in [0.25, 0.3) is 0 Å². The van der Waals surface area contributed by atoms with Gasteiger partial charge in [0, 0.05) is 5.02 Å². The van der Waals surface area contributed by atoms with Crippen LogP contribution in [0, 0.1) is 5.82 Å². The molecule has 0 bridgehead atoms. The molecule has 0 fully saturated rings. The molecule has 0 saturated heterocycles. The molecule has 0 aliphatic heterocycles. The van der Waals surface area contributed by atoms with Crippen LogP contribution in [0.4, 0.5) is 4.39 Å². The summed E-state index contributed by atoms with van der Waals surface area (Å²) >= 11 is 2.85. The first-order chi connectivity index (χ1) is 5.11. The molecule has 2 nitrogen and oxygen atoms in total. The molecule has 0 amide bonds. The smallest absolute Gasteiger partial charge is 0.768 e. The van der Waals surface area contributed by atoms with Crippen LogP contribution in [0.3, 0.4) is 0 Å². The summed E-state index contributed by atoms with van der Waals surface area (Å²) < 4.78 is 33.1. The van der Waals surface area contributed by atoms with E-state index in [1.807, 2.05) is 0 Å². The Morgan fingerprint density at radius 3 is 2.50 bits per heavy atom. The fourth-order valence-corrected chi connectivity index (χ4v) is 1.17. The maximum Gasteiger partial charge on any atom is 1.00 e. The van der Waals surface area contributed by atoms with Gasteiger partial charge in [0.05, 0.1) is 4.90 Å². The fraction of sp³-hybridized carbons (Fsp3) is 0. The quantitative estimate of drug-likeness (QED) is 0.434. The van der Waals surface area contributed by atoms with Crippen molar-refractivity contribution in [3.05, 3.63) is 29.0 Å². The Morgan fingerprint density at radius 2 is 2.08 bits per heavy atom. The molecule has 0 aliphatic rings. The number of halogens is 2. The molecule has 60 valence electrons. The van der Waals surface area contributed by atoms with Crippen LogP contribution >= 0.6 is 11.6 Å². The van der Waals surface area contributed by atoms with Crippen LogP contribution in [0.5, 0.6) is 0 Å². The molecule has 0 spiro atoms. The van der Waals surface area contributed by atoms with E-state index in [1.165, 1.54) is 6.07 Å². The van der Waals surface area contributed by atoms with E-state index in [-0.39, 0.29) is 39.5 Å². The Kier molecular flexibility index (Phi) is 5.56. The van der Waals surface area contributed by atoms with Gasteiger partial charge in [-0.15, -0.1) is 0 Å². The topological polar surface area (TPSA) is 40.1 Å². The predicted molar refractivity (Wildman–Crippen MR) is 38.6 cm³/mol. The fourth-order valence-electron chi connectivity index (χ4n) is 0.610. The van der Waals surface area contributed by atoms with Crippen molar-refractivity contribution in [2.24, 2.45) is 0 Å². The van der Waals surface area contributed by atoms with Crippen molar-refractivity contribution in [3.8, 4) is 0 Å². The van der Waals surface area contributed by atoms with E-state index in [1.54, 1.807) is 0 Å². The second-order valence-electron chi connectivity index (χ2n) is 1.81. The zero-order valence-electron chi connectivity index (χ0n) is 6.21. The molecule has 12 heavy (non-hydrogen) atoms. The first-order valence-electron chi connectivity index (χ1n) is 2.65. The van der Waals surface area contributed by atoms with Crippen molar-refractivity contribution in [2.45, 2.75) is 4.90 Å². The van der Waals surface area contributed by atoms with Crippen molar-refractivity contribution in [1.29, 1.82) is 0 Å². The minimum Gasteiger partial charge on any atom is -0.768 e. The average Bonchev–Trinajstić information content (AvgIpc) is 1.85. The summed E-state index contributed by atoms with van der Waals surface area (Å²) in [7, 11) is 0. The SMILES string of the molecule is O=S([O-])c1ccc(Cl)cc1F.[Na+]. The summed E-state index contributed by atoms with van der Waals surface area (Å²) in [4.78, 5) is -0.366. The number of hydrogen-bond acceptors (Lipinski definition) is 2. The minimum atomic E-state index is -2.53. The Morgan fingerprint density at radius 1 is 1.50 bits per heavy atom. The second-order valence-corrected chi connectivity index (χ2v) is 3.16. The third-order valence-corrected chi connectivity index (χ3v) is 2.00. The molecule has 0 saturated carbocycles. The molecule has 0 heterocycles. The van der Waals surface area contributed by atoms with E-state index in [4.69, 9.17) is 11.6 Å². The van der Waals surface area contributed by atoms with E-state index in [2.05, 4.69) is 0 Å². The van der Waals surface area contributed by atoms with Gasteiger partial charge in [-0.1, -0.05) is 11.6 Å². The molecule has 0 aromatic heterocycles. The van der Waals surface area contributed by atoms with Gasteiger partial charge in [-0.2, -0.15) is 0 Å². The first-order valence-corrected chi connectivity index (χ1v) is 4.11. The normalized spacial score (nSPS) is 11.9. The largest absolute Gasteiger partial charge is 1.00 e. The monoisotopic (exact) mass is 216 g/mol. The van der Waals surface area contributed by atoms with Gasteiger partial charge in [0.2, 0.25) is 0 Å². The van der Waals surface area contributed by atoms with E-state index in [0.29, 0.717) is 0 Å². The van der Waals surface area contributed by atoms with Crippen molar-refractivity contribution in [2.75, 3.05) is 0 Å². The van der Waals surface area contributed by atoms with Gasteiger partial charge >= 0.3 is 29.6 Å². The van der Waals surface area contributed by atoms with Crippen LogP contribution in [0.1, 0.15) is 0 Å². The van der Waals surface area contributed by atoms with E-state index in [0.717, 1.165) is 12.1 Å². The molecular weight excluding hydrogens is 214 g/mol. The summed E-state index contributed by atoms with van der Waals surface area (Å²) in [5, 5.41) is 0.178. The molecule has 1 rings (SSSR count). The van der Waals surface area contributed by atoms with Crippen LogP contribution in [-0.2, 0) is 11.1 Å². The number of rotatable bonds is 1. The third kappa shape index (κ3) is 3.12. The minimum absolute atomic E-state index is 0. The molecule has 0 aliphatic carbocycles. The van der Waals surface area contributed by atoms with Crippen LogP contribution in [0.25, 0.3) is 0 Å². The van der Waals surface area contributed by atoms with Gasteiger partial charge < -0.3 is 4.55 Å². The van der Waals surface area contributed by atoms with Gasteiger partial charge in [0.15, 0.2) is 0 Å². The van der Waals surface area contributed by atoms with E-state index in [9.17, 15) is 13.2 Å². The van der Waals surface area contributed by atoms with Gasteiger partial charge in [-0.25, -0.2) is 4.39 Å². The predicted octanol–water partition coefficient (Wildman–Crippen LogP) is -1.28. The Bertz CT molecular complexity index is 308. The Balaban J connectivity index is 0.00000121. The number of benzene rings is 1. The summed E-state index contributed by atoms with van der Waals surface area (Å²) in [6.07, 6.45) is 0. The average molecular weight is 217 g/mol. The molecule has 6 heteroatoms. The summed E-state index contributed by atoms with van der Waals surface area (Å²) in [6, 6.07) is 3.38. The summed E-state index contributed by atoms with van der Waals surface area (Å²) in [5.41, 5.74) is 0. The summed E-state index contributed by atoms with van der Waals surface area (Å²) in [5.74, 6) is -0.828. The van der Waals surface area contributed by atoms with Gasteiger partial charge in [0.1, 0.15) is 5.82 Å². The van der Waals surface area contributed by atoms with Gasteiger partial charge in [-0.3, -0.25) is 4.21 Å². The third-order valence-electron chi connectivity index (χ3n) is 1.07. The molecule has 0 radical (unpaired) electrons. The summed E-state index contributed by atoms with van der Waals surface area (Å²) in [6.45, 7) is 0. The van der Waals surface area contributed by atoms with Crippen LogP contribution in [-0.4, -0.2) is 8.76 Å². The number of hydrogen-bond donors (Lipinski definition) is 0. The van der Waals surface area contributed by atoms with Crippen LogP contribution < -0.4 is 29.6 Å². The second kappa shape index (κ2) is 5.32. The van der Waals surface area contributed by atoms with Crippen molar-refractivity contribution in [1.82, 2.24) is 0 Å². The van der Waals surface area contributed by atoms with E-state index >= 15 is 0 Å². The van der Waals surface area contributed by atoms with Crippen molar-refractivity contribution >= 4 is 22.7 Å². The van der Waals surface area contributed by atoms with Crippen molar-refractivity contribution < 1.29 is 42.7 Å². The zero-order valence-corrected chi connectivity index (χ0v) is 9.79. The van der Waals surface area contributed by atoms with Crippen molar-refractivity contribution in [3.63, 3.8) is 0 Å². The van der Waals surface area contributed by atoms with Crippen LogP contribution in [0.15, 0.2) is 23.1 Å². The molecule has 1 atom stereocenters. The molecule has 1 unspecified atom stereocenters. The maximum absolute atomic E-state index is 12.6. The Labute approximate surface area is 98.7 Å². The van der Waals surface area contributed by atoms with Crippen LogP contribution in [0.2, 0.25) is 5.02 Å². The first kappa shape index (κ1) is 12.6. The molecule has 0 N–H and O–H groups in total. The zero-order chi connectivity index (χ0) is 8.43. The van der Waals surface area contributed by atoms with E-state index < -0.39 is 16.9 Å². The van der Waals surface area contributed by atoms with Gasteiger partial charge in [-0.05, 0) is 29.3 Å².